The van der Waals surface area contributed by atoms with E-state index in [1.165, 1.54) is 6.07 Å². The van der Waals surface area contributed by atoms with Gasteiger partial charge in [-0.05, 0) is 50.6 Å². The zero-order valence-electron chi connectivity index (χ0n) is 16.0. The van der Waals surface area contributed by atoms with E-state index in [1.54, 1.807) is 13.1 Å². The third-order valence-corrected chi connectivity index (χ3v) is 4.94. The van der Waals surface area contributed by atoms with Gasteiger partial charge in [0, 0.05) is 52.4 Å². The van der Waals surface area contributed by atoms with E-state index in [0.717, 1.165) is 62.8 Å². The van der Waals surface area contributed by atoms with Crippen molar-refractivity contribution in [2.24, 2.45) is 4.99 Å². The van der Waals surface area contributed by atoms with Gasteiger partial charge in [-0.1, -0.05) is 6.07 Å². The molecule has 6 heteroatoms. The summed E-state index contributed by atoms with van der Waals surface area (Å²) in [5.74, 6) is 0.644. The first kappa shape index (κ1) is 19.7. The smallest absolute Gasteiger partial charge is 0.191 e. The molecule has 1 aromatic rings. The van der Waals surface area contributed by atoms with Crippen molar-refractivity contribution in [3.63, 3.8) is 0 Å². The van der Waals surface area contributed by atoms with Crippen molar-refractivity contribution < 1.29 is 4.39 Å². The van der Waals surface area contributed by atoms with Crippen LogP contribution in [0.5, 0.6) is 0 Å². The lowest BCUT2D eigenvalue weighted by molar-refractivity contribution is 0.120. The van der Waals surface area contributed by atoms with Crippen molar-refractivity contribution in [1.29, 1.82) is 0 Å². The van der Waals surface area contributed by atoms with Crippen molar-refractivity contribution in [1.82, 2.24) is 20.4 Å². The van der Waals surface area contributed by atoms with E-state index in [4.69, 9.17) is 0 Å². The Morgan fingerprint density at radius 2 is 1.96 bits per heavy atom. The Labute approximate surface area is 151 Å². The molecule has 1 heterocycles. The maximum atomic E-state index is 13.2. The number of benzene rings is 1. The number of halogens is 1. The fourth-order valence-electron chi connectivity index (χ4n) is 3.11. The van der Waals surface area contributed by atoms with Crippen molar-refractivity contribution >= 4 is 5.96 Å². The molecule has 2 rings (SSSR count). The van der Waals surface area contributed by atoms with E-state index in [0.29, 0.717) is 6.04 Å². The fourth-order valence-corrected chi connectivity index (χ4v) is 3.11. The molecule has 0 amide bonds. The van der Waals surface area contributed by atoms with Crippen molar-refractivity contribution in [3.05, 3.63) is 35.1 Å². The molecular weight excluding hydrogens is 317 g/mol. The van der Waals surface area contributed by atoms with E-state index in [-0.39, 0.29) is 5.82 Å². The molecular formula is C19H32FN5. The number of hydrogen-bond acceptors (Lipinski definition) is 3. The zero-order valence-corrected chi connectivity index (χ0v) is 16.0. The van der Waals surface area contributed by atoms with Crippen LogP contribution in [0.4, 0.5) is 4.39 Å². The summed E-state index contributed by atoms with van der Waals surface area (Å²) in [6.07, 6.45) is 0.848. The number of aryl methyl sites for hydroxylation is 1. The molecule has 0 aromatic heterocycles. The molecule has 0 radical (unpaired) electrons. The molecule has 1 aliphatic heterocycles. The van der Waals surface area contributed by atoms with E-state index < -0.39 is 0 Å². The second-order valence-corrected chi connectivity index (χ2v) is 6.89. The van der Waals surface area contributed by atoms with Gasteiger partial charge in [-0.2, -0.15) is 0 Å². The normalized spacial score (nSPS) is 18.2. The molecule has 1 unspecified atom stereocenters. The molecule has 5 nitrogen and oxygen atoms in total. The summed E-state index contributed by atoms with van der Waals surface area (Å²) >= 11 is 0. The highest BCUT2D eigenvalue weighted by atomic mass is 19.1. The molecule has 1 saturated heterocycles. The van der Waals surface area contributed by atoms with Crippen LogP contribution in [0.15, 0.2) is 23.2 Å². The van der Waals surface area contributed by atoms with Crippen LogP contribution >= 0.6 is 0 Å². The Morgan fingerprint density at radius 3 is 2.60 bits per heavy atom. The first-order valence-electron chi connectivity index (χ1n) is 9.11. The summed E-state index contributed by atoms with van der Waals surface area (Å²) in [4.78, 5) is 9.18. The van der Waals surface area contributed by atoms with Crippen LogP contribution in [0.3, 0.4) is 0 Å². The lowest BCUT2D eigenvalue weighted by atomic mass is 10.1. The van der Waals surface area contributed by atoms with E-state index >= 15 is 0 Å². The molecule has 0 bridgehead atoms. The molecule has 0 aliphatic carbocycles. The molecule has 0 spiro atoms. The van der Waals surface area contributed by atoms with E-state index in [2.05, 4.69) is 39.4 Å². The Bertz CT molecular complexity index is 567. The SMILES string of the molecule is CN=C(NCCc1ccc(F)cc1C)NCC(C)N1CCN(C)CC1. The predicted octanol–water partition coefficient (Wildman–Crippen LogP) is 1.48. The monoisotopic (exact) mass is 349 g/mol. The van der Waals surface area contributed by atoms with Crippen LogP contribution < -0.4 is 10.6 Å². The summed E-state index contributed by atoms with van der Waals surface area (Å²) in [5.41, 5.74) is 2.16. The lowest BCUT2D eigenvalue weighted by Gasteiger charge is -2.36. The molecule has 1 aliphatic rings. The third kappa shape index (κ3) is 6.29. The molecule has 2 N–H and O–H groups in total. The van der Waals surface area contributed by atoms with Crippen molar-refractivity contribution in [2.75, 3.05) is 53.4 Å². The number of hydrogen-bond donors (Lipinski definition) is 2. The highest BCUT2D eigenvalue weighted by Gasteiger charge is 2.18. The van der Waals surface area contributed by atoms with Gasteiger partial charge < -0.3 is 15.5 Å². The van der Waals surface area contributed by atoms with Gasteiger partial charge in [0.2, 0.25) is 0 Å². The zero-order chi connectivity index (χ0) is 18.2. The second kappa shape index (κ2) is 9.73. The Kier molecular flexibility index (Phi) is 7.65. The first-order valence-corrected chi connectivity index (χ1v) is 9.11. The Balaban J connectivity index is 1.71. The first-order chi connectivity index (χ1) is 12.0. The number of nitrogens with one attached hydrogen (secondary N) is 2. The van der Waals surface area contributed by atoms with Crippen LogP contribution in [-0.2, 0) is 6.42 Å². The number of aliphatic imine (C=N–C) groups is 1. The van der Waals surface area contributed by atoms with Gasteiger partial charge in [0.05, 0.1) is 0 Å². The minimum atomic E-state index is -0.176. The minimum absolute atomic E-state index is 0.176. The highest BCUT2D eigenvalue weighted by molar-refractivity contribution is 5.79. The fraction of sp³-hybridized carbons (Fsp3) is 0.632. The second-order valence-electron chi connectivity index (χ2n) is 6.89. The summed E-state index contributed by atoms with van der Waals surface area (Å²) in [6, 6.07) is 5.44. The summed E-state index contributed by atoms with van der Waals surface area (Å²) in [7, 11) is 3.97. The van der Waals surface area contributed by atoms with Crippen LogP contribution in [0, 0.1) is 12.7 Å². The Morgan fingerprint density at radius 1 is 1.24 bits per heavy atom. The largest absolute Gasteiger partial charge is 0.356 e. The standard InChI is InChI=1S/C19H32FN5/c1-15-13-18(20)6-5-17(15)7-8-22-19(21-3)23-14-16(2)25-11-9-24(4)10-12-25/h5-6,13,16H,7-12,14H2,1-4H3,(H2,21,22,23). The minimum Gasteiger partial charge on any atom is -0.356 e. The van der Waals surface area contributed by atoms with Gasteiger partial charge in [0.25, 0.3) is 0 Å². The van der Waals surface area contributed by atoms with Gasteiger partial charge in [-0.15, -0.1) is 0 Å². The molecule has 1 fully saturated rings. The topological polar surface area (TPSA) is 42.9 Å². The van der Waals surface area contributed by atoms with Crippen LogP contribution in [0.2, 0.25) is 0 Å². The van der Waals surface area contributed by atoms with Crippen LogP contribution in [-0.4, -0.2) is 75.2 Å². The maximum absolute atomic E-state index is 13.2. The number of guanidine groups is 1. The van der Waals surface area contributed by atoms with Crippen LogP contribution in [0.25, 0.3) is 0 Å². The van der Waals surface area contributed by atoms with Gasteiger partial charge >= 0.3 is 0 Å². The maximum Gasteiger partial charge on any atom is 0.191 e. The van der Waals surface area contributed by atoms with Gasteiger partial charge in [-0.25, -0.2) is 4.39 Å². The number of piperazine rings is 1. The van der Waals surface area contributed by atoms with E-state index in [1.807, 2.05) is 13.0 Å². The lowest BCUT2D eigenvalue weighted by Crippen LogP contribution is -2.52. The van der Waals surface area contributed by atoms with Gasteiger partial charge in [0.1, 0.15) is 5.82 Å². The van der Waals surface area contributed by atoms with Crippen molar-refractivity contribution in [3.8, 4) is 0 Å². The highest BCUT2D eigenvalue weighted by Crippen LogP contribution is 2.10. The summed E-state index contributed by atoms with van der Waals surface area (Å²) in [6.45, 7) is 10.4. The van der Waals surface area contributed by atoms with Gasteiger partial charge in [-0.3, -0.25) is 9.89 Å². The quantitative estimate of drug-likeness (QED) is 0.603. The average molecular weight is 349 g/mol. The van der Waals surface area contributed by atoms with Gasteiger partial charge in [0.15, 0.2) is 5.96 Å². The number of likely N-dealkylation sites (N-methyl/N-ethyl adjacent to an activating group) is 1. The molecule has 1 atom stereocenters. The third-order valence-electron chi connectivity index (χ3n) is 4.94. The number of nitrogens with zero attached hydrogens (tertiary/aromatic N) is 3. The summed E-state index contributed by atoms with van der Waals surface area (Å²) < 4.78 is 13.2. The summed E-state index contributed by atoms with van der Waals surface area (Å²) in [5, 5.41) is 6.75. The molecule has 1 aromatic carbocycles. The average Bonchev–Trinajstić information content (AvgIpc) is 2.60. The molecule has 25 heavy (non-hydrogen) atoms. The molecule has 140 valence electrons. The van der Waals surface area contributed by atoms with Crippen LogP contribution in [0.1, 0.15) is 18.1 Å². The molecule has 0 saturated carbocycles. The van der Waals surface area contributed by atoms with Crippen molar-refractivity contribution in [2.45, 2.75) is 26.3 Å². The predicted molar refractivity (Wildman–Crippen MR) is 103 cm³/mol. The van der Waals surface area contributed by atoms with E-state index in [9.17, 15) is 4.39 Å². The Hall–Kier alpha value is -1.66. The number of rotatable bonds is 6.